The summed E-state index contributed by atoms with van der Waals surface area (Å²) >= 11 is 0. The maximum atomic E-state index is 6.23. The van der Waals surface area contributed by atoms with Crippen molar-refractivity contribution in [3.8, 4) is 5.75 Å². The minimum Gasteiger partial charge on any atom is -0.464 e. The zero-order valence-electron chi connectivity index (χ0n) is 15.6. The molecule has 0 aliphatic heterocycles. The molecule has 1 aliphatic carbocycles. The fourth-order valence-electron chi connectivity index (χ4n) is 3.78. The third-order valence-electron chi connectivity index (χ3n) is 5.78. The van der Waals surface area contributed by atoms with E-state index in [-0.39, 0.29) is 11.7 Å². The lowest BCUT2D eigenvalue weighted by atomic mass is 9.70. The van der Waals surface area contributed by atoms with Crippen molar-refractivity contribution in [2.24, 2.45) is 11.3 Å². The van der Waals surface area contributed by atoms with Gasteiger partial charge in [-0.3, -0.25) is 0 Å². The van der Waals surface area contributed by atoms with Crippen molar-refractivity contribution in [1.29, 1.82) is 0 Å². The largest absolute Gasteiger partial charge is 0.464 e. The molecule has 2 rings (SSSR count). The zero-order valence-corrected chi connectivity index (χ0v) is 15.6. The molecular weight excluding hydrogens is 284 g/mol. The molecule has 1 aromatic rings. The second-order valence-corrected chi connectivity index (χ2v) is 7.72. The highest BCUT2D eigenvalue weighted by Crippen LogP contribution is 2.42. The summed E-state index contributed by atoms with van der Waals surface area (Å²) in [5, 5.41) is 0. The first-order valence-corrected chi connectivity index (χ1v) is 9.28. The molecule has 0 saturated heterocycles. The first-order chi connectivity index (χ1) is 11.0. The van der Waals surface area contributed by atoms with E-state index >= 15 is 0 Å². The van der Waals surface area contributed by atoms with Crippen LogP contribution in [0.25, 0.3) is 0 Å². The van der Waals surface area contributed by atoms with Crippen molar-refractivity contribution in [1.82, 2.24) is 0 Å². The summed E-state index contributed by atoms with van der Waals surface area (Å²) in [6.07, 6.45) is 7.62. The van der Waals surface area contributed by atoms with Crippen LogP contribution >= 0.6 is 0 Å². The van der Waals surface area contributed by atoms with Crippen LogP contribution in [0.1, 0.15) is 77.7 Å². The van der Waals surface area contributed by atoms with Gasteiger partial charge in [-0.05, 0) is 48.8 Å². The number of methoxy groups -OCH3 is 1. The molecule has 1 saturated carbocycles. The average molecular weight is 319 g/mol. The lowest BCUT2D eigenvalue weighted by Gasteiger charge is -2.41. The third kappa shape index (κ3) is 4.50. The monoisotopic (exact) mass is 318 g/mol. The van der Waals surface area contributed by atoms with Crippen molar-refractivity contribution in [3.63, 3.8) is 0 Å². The summed E-state index contributed by atoms with van der Waals surface area (Å²) in [5.41, 5.74) is 1.41. The van der Waals surface area contributed by atoms with Crippen molar-refractivity contribution in [2.45, 2.75) is 78.4 Å². The Morgan fingerprint density at radius 2 is 1.70 bits per heavy atom. The summed E-state index contributed by atoms with van der Waals surface area (Å²) in [5.74, 6) is 2.19. The number of hydrogen-bond donors (Lipinski definition) is 0. The molecule has 0 aromatic heterocycles. The molecule has 130 valence electrons. The number of hydrogen-bond acceptors (Lipinski definition) is 2. The molecule has 2 atom stereocenters. The van der Waals surface area contributed by atoms with Gasteiger partial charge in [0.2, 0.25) is 6.29 Å². The van der Waals surface area contributed by atoms with E-state index in [9.17, 15) is 0 Å². The van der Waals surface area contributed by atoms with Gasteiger partial charge in [0.15, 0.2) is 0 Å². The second-order valence-electron chi connectivity index (χ2n) is 7.72. The molecule has 1 fully saturated rings. The molecular formula is C21H34O2. The number of benzene rings is 1. The van der Waals surface area contributed by atoms with E-state index in [0.29, 0.717) is 11.8 Å². The van der Waals surface area contributed by atoms with Crippen LogP contribution in [-0.2, 0) is 4.74 Å². The molecule has 0 radical (unpaired) electrons. The lowest BCUT2D eigenvalue weighted by molar-refractivity contribution is -0.151. The van der Waals surface area contributed by atoms with Crippen LogP contribution in [-0.4, -0.2) is 13.4 Å². The van der Waals surface area contributed by atoms with Crippen LogP contribution in [0, 0.1) is 11.3 Å². The summed E-state index contributed by atoms with van der Waals surface area (Å²) in [7, 11) is 1.77. The summed E-state index contributed by atoms with van der Waals surface area (Å²) in [6.45, 7) is 9.08. The zero-order chi connectivity index (χ0) is 16.9. The van der Waals surface area contributed by atoms with Crippen molar-refractivity contribution in [3.05, 3.63) is 29.8 Å². The van der Waals surface area contributed by atoms with Gasteiger partial charge in [0.1, 0.15) is 5.75 Å². The van der Waals surface area contributed by atoms with Crippen molar-refractivity contribution < 1.29 is 9.47 Å². The Kier molecular flexibility index (Phi) is 6.52. The van der Waals surface area contributed by atoms with E-state index in [0.717, 1.165) is 12.2 Å². The van der Waals surface area contributed by atoms with E-state index in [1.165, 1.54) is 37.7 Å². The van der Waals surface area contributed by atoms with E-state index in [1.807, 2.05) is 0 Å². The highest BCUT2D eigenvalue weighted by atomic mass is 16.7. The Hall–Kier alpha value is -1.02. The molecule has 1 aliphatic rings. The average Bonchev–Trinajstić information content (AvgIpc) is 2.60. The van der Waals surface area contributed by atoms with Crippen LogP contribution < -0.4 is 4.74 Å². The Morgan fingerprint density at radius 1 is 1.09 bits per heavy atom. The molecule has 0 bridgehead atoms. The predicted octanol–water partition coefficient (Wildman–Crippen LogP) is 6.16. The Morgan fingerprint density at radius 3 is 2.22 bits per heavy atom. The van der Waals surface area contributed by atoms with Gasteiger partial charge in [0.05, 0.1) is 0 Å². The van der Waals surface area contributed by atoms with Gasteiger partial charge in [0, 0.05) is 12.5 Å². The van der Waals surface area contributed by atoms with Gasteiger partial charge in [-0.2, -0.15) is 0 Å². The van der Waals surface area contributed by atoms with Crippen LogP contribution in [0.5, 0.6) is 5.75 Å². The minimum absolute atomic E-state index is 0.0323. The van der Waals surface area contributed by atoms with Crippen LogP contribution in [0.3, 0.4) is 0 Å². The van der Waals surface area contributed by atoms with Crippen LogP contribution in [0.4, 0.5) is 0 Å². The van der Waals surface area contributed by atoms with Gasteiger partial charge in [-0.15, -0.1) is 0 Å². The molecule has 2 nitrogen and oxygen atoms in total. The molecule has 1 aromatic carbocycles. The Balaban J connectivity index is 2.05. The van der Waals surface area contributed by atoms with Gasteiger partial charge in [-0.25, -0.2) is 0 Å². The molecule has 2 heteroatoms. The molecule has 0 heterocycles. The minimum atomic E-state index is -0.194. The quantitative estimate of drug-likeness (QED) is 0.561. The number of ether oxygens (including phenoxy) is 2. The normalized spacial score (nSPS) is 19.3. The first-order valence-electron chi connectivity index (χ1n) is 9.28. The fourth-order valence-corrected chi connectivity index (χ4v) is 3.78. The third-order valence-corrected chi connectivity index (χ3v) is 5.78. The van der Waals surface area contributed by atoms with Gasteiger partial charge >= 0.3 is 0 Å². The number of rotatable bonds is 7. The molecule has 0 spiro atoms. The highest BCUT2D eigenvalue weighted by Gasteiger charge is 2.39. The maximum Gasteiger partial charge on any atom is 0.204 e. The maximum absolute atomic E-state index is 6.23. The van der Waals surface area contributed by atoms with Crippen molar-refractivity contribution >= 4 is 0 Å². The van der Waals surface area contributed by atoms with E-state index in [1.54, 1.807) is 7.11 Å². The SMILES string of the molecule is CCC(C)c1ccc(OC(OC)C(C)(C)C2CCCCC2)cc1. The van der Waals surface area contributed by atoms with Crippen LogP contribution in [0.2, 0.25) is 0 Å². The van der Waals surface area contributed by atoms with Gasteiger partial charge in [0.25, 0.3) is 0 Å². The molecule has 0 amide bonds. The lowest BCUT2D eigenvalue weighted by Crippen LogP contribution is -2.42. The highest BCUT2D eigenvalue weighted by molar-refractivity contribution is 5.29. The fraction of sp³-hybridized carbons (Fsp3) is 0.714. The summed E-state index contributed by atoms with van der Waals surface area (Å²) in [6, 6.07) is 8.54. The van der Waals surface area contributed by atoms with Crippen molar-refractivity contribution in [2.75, 3.05) is 7.11 Å². The first kappa shape index (κ1) is 18.3. The molecule has 0 N–H and O–H groups in total. The smallest absolute Gasteiger partial charge is 0.204 e. The molecule has 2 unspecified atom stereocenters. The summed E-state index contributed by atoms with van der Waals surface area (Å²) < 4.78 is 12.0. The van der Waals surface area contributed by atoms with Crippen LogP contribution in [0.15, 0.2) is 24.3 Å². The topological polar surface area (TPSA) is 18.5 Å². The molecule has 23 heavy (non-hydrogen) atoms. The van der Waals surface area contributed by atoms with Gasteiger partial charge < -0.3 is 9.47 Å². The second kappa shape index (κ2) is 8.19. The standard InChI is InChI=1S/C21H34O2/c1-6-16(2)17-12-14-19(15-13-17)23-20(22-5)21(3,4)18-10-8-7-9-11-18/h12-16,18,20H,6-11H2,1-5H3. The Labute approximate surface area is 142 Å². The van der Waals surface area contributed by atoms with E-state index in [4.69, 9.17) is 9.47 Å². The predicted molar refractivity (Wildman–Crippen MR) is 96.9 cm³/mol. The van der Waals surface area contributed by atoms with E-state index in [2.05, 4.69) is 52.0 Å². The summed E-state index contributed by atoms with van der Waals surface area (Å²) in [4.78, 5) is 0. The Bertz CT molecular complexity index is 457. The van der Waals surface area contributed by atoms with Gasteiger partial charge in [-0.1, -0.05) is 59.1 Å². The van der Waals surface area contributed by atoms with E-state index < -0.39 is 0 Å².